The van der Waals surface area contributed by atoms with Crippen molar-refractivity contribution in [3.8, 4) is 17.2 Å². The first-order chi connectivity index (χ1) is 13.5. The second-order valence-corrected chi connectivity index (χ2v) is 8.19. The van der Waals surface area contributed by atoms with Gasteiger partial charge in [0.05, 0.1) is 11.5 Å². The minimum atomic E-state index is -3.81. The van der Waals surface area contributed by atoms with E-state index in [-0.39, 0.29) is 17.6 Å². The monoisotopic (exact) mass is 396 g/mol. The van der Waals surface area contributed by atoms with Crippen LogP contribution in [0.25, 0.3) is 0 Å². The van der Waals surface area contributed by atoms with Crippen molar-refractivity contribution in [2.75, 3.05) is 6.61 Å². The highest BCUT2D eigenvalue weighted by Crippen LogP contribution is 2.42. The molecule has 3 aromatic rings. The van der Waals surface area contributed by atoms with E-state index >= 15 is 0 Å². The molecule has 0 fully saturated rings. The molecule has 4 rings (SSSR count). The molecule has 144 valence electrons. The second-order valence-electron chi connectivity index (χ2n) is 6.57. The number of rotatable bonds is 5. The van der Waals surface area contributed by atoms with Crippen LogP contribution in [-0.2, 0) is 14.3 Å². The number of ether oxygens (including phenoxy) is 2. The molecule has 0 amide bonds. The first kappa shape index (κ1) is 18.5. The fraction of sp³-hybridized carbons (Fsp3) is 0.182. The third-order valence-electron chi connectivity index (χ3n) is 4.53. The fourth-order valence-electron chi connectivity index (χ4n) is 3.06. The third kappa shape index (κ3) is 3.88. The van der Waals surface area contributed by atoms with Crippen LogP contribution >= 0.6 is 0 Å². The smallest absolute Gasteiger partial charge is 0.296 e. The van der Waals surface area contributed by atoms with E-state index in [1.807, 2.05) is 55.5 Å². The van der Waals surface area contributed by atoms with E-state index in [1.165, 1.54) is 0 Å². The van der Waals surface area contributed by atoms with Gasteiger partial charge in [-0.3, -0.25) is 4.18 Å². The quantitative estimate of drug-likeness (QED) is 0.567. The van der Waals surface area contributed by atoms with Crippen molar-refractivity contribution < 1.29 is 22.1 Å². The fourth-order valence-corrected chi connectivity index (χ4v) is 3.98. The van der Waals surface area contributed by atoms with Crippen molar-refractivity contribution in [1.82, 2.24) is 0 Å². The summed E-state index contributed by atoms with van der Waals surface area (Å²) in [5, 5.41) is 0. The molecule has 0 spiro atoms. The van der Waals surface area contributed by atoms with Crippen LogP contribution in [0.2, 0.25) is 0 Å². The molecule has 0 saturated carbocycles. The van der Waals surface area contributed by atoms with E-state index in [1.54, 1.807) is 24.3 Å². The highest BCUT2D eigenvalue weighted by molar-refractivity contribution is 7.86. The van der Waals surface area contributed by atoms with Gasteiger partial charge in [0.2, 0.25) is 0 Å². The van der Waals surface area contributed by atoms with Gasteiger partial charge in [-0.25, -0.2) is 0 Å². The van der Waals surface area contributed by atoms with E-state index < -0.39 is 10.1 Å². The molecular weight excluding hydrogens is 376 g/mol. The Morgan fingerprint density at radius 3 is 2.25 bits per heavy atom. The Labute approximate surface area is 164 Å². The highest BCUT2D eigenvalue weighted by Gasteiger charge is 2.25. The summed E-state index contributed by atoms with van der Waals surface area (Å²) in [6.07, 6.45) is -0.0205. The first-order valence-electron chi connectivity index (χ1n) is 9.01. The lowest BCUT2D eigenvalue weighted by Crippen LogP contribution is -2.13. The summed E-state index contributed by atoms with van der Waals surface area (Å²) in [5.41, 5.74) is 1.84. The molecule has 1 unspecified atom stereocenters. The van der Waals surface area contributed by atoms with Crippen molar-refractivity contribution >= 4 is 10.1 Å². The Kier molecular flexibility index (Phi) is 5.07. The molecule has 1 atom stereocenters. The van der Waals surface area contributed by atoms with Gasteiger partial charge in [-0.1, -0.05) is 48.0 Å². The molecule has 0 saturated heterocycles. The lowest BCUT2D eigenvalue weighted by Gasteiger charge is -2.18. The van der Waals surface area contributed by atoms with Gasteiger partial charge in [-0.15, -0.1) is 0 Å². The minimum Gasteiger partial charge on any atom is -0.482 e. The molecule has 1 heterocycles. The van der Waals surface area contributed by atoms with Crippen LogP contribution in [0.3, 0.4) is 0 Å². The summed E-state index contributed by atoms with van der Waals surface area (Å²) >= 11 is 0. The summed E-state index contributed by atoms with van der Waals surface area (Å²) < 4.78 is 42.2. The van der Waals surface area contributed by atoms with E-state index in [9.17, 15) is 8.42 Å². The topological polar surface area (TPSA) is 61.8 Å². The molecule has 1 aliphatic rings. The van der Waals surface area contributed by atoms with E-state index in [2.05, 4.69) is 0 Å². The zero-order valence-electron chi connectivity index (χ0n) is 15.4. The predicted octanol–water partition coefficient (Wildman–Crippen LogP) is 5.02. The van der Waals surface area contributed by atoms with E-state index in [0.29, 0.717) is 23.7 Å². The Hall–Kier alpha value is -2.83. The van der Waals surface area contributed by atoms with Crippen molar-refractivity contribution in [1.29, 1.82) is 0 Å². The summed E-state index contributed by atoms with van der Waals surface area (Å²) in [6, 6.07) is 21.6. The lowest BCUT2D eigenvalue weighted by molar-refractivity contribution is 0.167. The van der Waals surface area contributed by atoms with Gasteiger partial charge < -0.3 is 9.47 Å². The predicted molar refractivity (Wildman–Crippen MR) is 105 cm³/mol. The summed E-state index contributed by atoms with van der Waals surface area (Å²) in [4.78, 5) is 0.147. The SMILES string of the molecule is Cc1ccc(S(=O)(=O)OCCC2Oc3ccccc3Oc3ccccc32)cc1. The molecule has 28 heavy (non-hydrogen) atoms. The van der Waals surface area contributed by atoms with E-state index in [4.69, 9.17) is 13.7 Å². The number of hydrogen-bond acceptors (Lipinski definition) is 5. The highest BCUT2D eigenvalue weighted by atomic mass is 32.2. The van der Waals surface area contributed by atoms with Gasteiger partial charge in [0.15, 0.2) is 11.5 Å². The Bertz CT molecular complexity index is 1070. The van der Waals surface area contributed by atoms with Gasteiger partial charge in [0.25, 0.3) is 10.1 Å². The average molecular weight is 396 g/mol. The first-order valence-corrected chi connectivity index (χ1v) is 10.4. The van der Waals surface area contributed by atoms with Crippen LogP contribution in [0.15, 0.2) is 77.7 Å². The summed E-state index contributed by atoms with van der Waals surface area (Å²) in [6.45, 7) is 1.90. The lowest BCUT2D eigenvalue weighted by atomic mass is 10.1. The molecule has 5 nitrogen and oxygen atoms in total. The second kappa shape index (κ2) is 7.66. The standard InChI is InChI=1S/C22H20O5S/c1-16-10-12-17(13-11-16)28(23,24)25-15-14-20-18-6-2-3-7-19(18)26-21-8-4-5-9-22(21)27-20/h2-13,20H,14-15H2,1H3. The largest absolute Gasteiger partial charge is 0.482 e. The van der Waals surface area contributed by atoms with Crippen LogP contribution < -0.4 is 9.47 Å². The number of hydrogen-bond donors (Lipinski definition) is 0. The maximum absolute atomic E-state index is 12.4. The molecule has 0 bridgehead atoms. The summed E-state index contributed by atoms with van der Waals surface area (Å²) in [7, 11) is -3.81. The molecule has 3 aromatic carbocycles. The number of para-hydroxylation sites is 3. The number of benzene rings is 3. The number of aryl methyl sites for hydroxylation is 1. The normalized spacial score (nSPS) is 15.5. The van der Waals surface area contributed by atoms with Crippen molar-refractivity contribution in [3.05, 3.63) is 83.9 Å². The molecule has 1 aliphatic heterocycles. The van der Waals surface area contributed by atoms with Crippen LogP contribution in [0.5, 0.6) is 17.2 Å². The van der Waals surface area contributed by atoms with Crippen molar-refractivity contribution in [3.63, 3.8) is 0 Å². The molecule has 0 N–H and O–H groups in total. The molecule has 0 aliphatic carbocycles. The van der Waals surface area contributed by atoms with Crippen LogP contribution in [0.4, 0.5) is 0 Å². The molecular formula is C22H20O5S. The number of fused-ring (bicyclic) bond motifs is 2. The molecule has 0 aromatic heterocycles. The van der Waals surface area contributed by atoms with Gasteiger partial charge in [0.1, 0.15) is 11.9 Å². The Balaban J connectivity index is 1.52. The van der Waals surface area contributed by atoms with Gasteiger partial charge in [-0.2, -0.15) is 8.42 Å². The molecule has 6 heteroatoms. The van der Waals surface area contributed by atoms with Gasteiger partial charge in [-0.05, 0) is 37.3 Å². The third-order valence-corrected chi connectivity index (χ3v) is 5.86. The average Bonchev–Trinajstić information content (AvgIpc) is 2.85. The van der Waals surface area contributed by atoms with E-state index in [0.717, 1.165) is 11.1 Å². The van der Waals surface area contributed by atoms with Crippen molar-refractivity contribution in [2.24, 2.45) is 0 Å². The van der Waals surface area contributed by atoms with Gasteiger partial charge >= 0.3 is 0 Å². The van der Waals surface area contributed by atoms with Crippen LogP contribution in [0, 0.1) is 6.92 Å². The summed E-state index contributed by atoms with van der Waals surface area (Å²) in [5.74, 6) is 1.94. The zero-order chi connectivity index (χ0) is 19.6. The van der Waals surface area contributed by atoms with Crippen LogP contribution in [0.1, 0.15) is 23.7 Å². The maximum Gasteiger partial charge on any atom is 0.296 e. The minimum absolute atomic E-state index is 0.00260. The Morgan fingerprint density at radius 2 is 1.50 bits per heavy atom. The zero-order valence-corrected chi connectivity index (χ0v) is 16.2. The maximum atomic E-state index is 12.4. The Morgan fingerprint density at radius 1 is 0.857 bits per heavy atom. The van der Waals surface area contributed by atoms with Crippen LogP contribution in [-0.4, -0.2) is 15.0 Å². The molecule has 0 radical (unpaired) electrons. The van der Waals surface area contributed by atoms with Crippen molar-refractivity contribution in [2.45, 2.75) is 24.3 Å². The van der Waals surface area contributed by atoms with Gasteiger partial charge in [0, 0.05) is 12.0 Å².